The van der Waals surface area contributed by atoms with Crippen LogP contribution in [0.3, 0.4) is 0 Å². The van der Waals surface area contributed by atoms with E-state index in [1.54, 1.807) is 13.0 Å². The molecule has 1 fully saturated rings. The van der Waals surface area contributed by atoms with Gasteiger partial charge < -0.3 is 4.90 Å². The van der Waals surface area contributed by atoms with Gasteiger partial charge >= 0.3 is 6.18 Å². The molecule has 0 N–H and O–H groups in total. The molecule has 34 heavy (non-hydrogen) atoms. The lowest BCUT2D eigenvalue weighted by Gasteiger charge is -2.36. The Morgan fingerprint density at radius 1 is 0.941 bits per heavy atom. The Morgan fingerprint density at radius 3 is 2.26 bits per heavy atom. The van der Waals surface area contributed by atoms with Gasteiger partial charge in [0.2, 0.25) is 0 Å². The summed E-state index contributed by atoms with van der Waals surface area (Å²) in [4.78, 5) is 4.69. The number of piperazine rings is 1. The minimum absolute atomic E-state index is 0.374. The average molecular weight is 509 g/mol. The number of benzene rings is 3. The summed E-state index contributed by atoms with van der Waals surface area (Å²) in [6.45, 7) is 5.12. The van der Waals surface area contributed by atoms with Gasteiger partial charge in [-0.1, -0.05) is 54.1 Å². The van der Waals surface area contributed by atoms with Crippen molar-refractivity contribution in [3.8, 4) is 11.1 Å². The Bertz CT molecular complexity index is 1130. The molecule has 3 aromatic rings. The fraction of sp³-hybridized carbons (Fsp3) is 0.308. The Hall–Kier alpha value is -2.22. The highest BCUT2D eigenvalue weighted by molar-refractivity contribution is 7.99. The first-order valence-corrected chi connectivity index (χ1v) is 12.4. The predicted octanol–water partition coefficient (Wildman–Crippen LogP) is 7.43. The van der Waals surface area contributed by atoms with E-state index in [1.807, 2.05) is 29.2 Å². The van der Waals surface area contributed by atoms with Crippen LogP contribution in [0.5, 0.6) is 0 Å². The molecule has 0 saturated carbocycles. The van der Waals surface area contributed by atoms with Crippen LogP contribution in [0.4, 0.5) is 23.2 Å². The smallest absolute Gasteiger partial charge is 0.367 e. The molecule has 0 unspecified atom stereocenters. The maximum Gasteiger partial charge on any atom is 0.398 e. The molecule has 0 aromatic heterocycles. The summed E-state index contributed by atoms with van der Waals surface area (Å²) in [5, 5.41) is 0.717. The maximum absolute atomic E-state index is 14.6. The minimum Gasteiger partial charge on any atom is -0.367 e. The van der Waals surface area contributed by atoms with Gasteiger partial charge in [0.15, 0.2) is 0 Å². The molecule has 1 aliphatic rings. The van der Waals surface area contributed by atoms with Crippen LogP contribution in [0, 0.1) is 12.7 Å². The third-order valence-electron chi connectivity index (χ3n) is 5.89. The molecule has 1 saturated heterocycles. The molecular weight excluding hydrogens is 484 g/mol. The van der Waals surface area contributed by atoms with E-state index in [0.29, 0.717) is 41.0 Å². The van der Waals surface area contributed by atoms with Crippen LogP contribution in [-0.2, 0) is 6.54 Å². The number of thioether (sulfide) groups is 1. The van der Waals surface area contributed by atoms with Crippen molar-refractivity contribution in [3.63, 3.8) is 0 Å². The first-order chi connectivity index (χ1) is 16.2. The summed E-state index contributed by atoms with van der Waals surface area (Å²) in [5.74, 6) is -1.38. The molecule has 0 amide bonds. The van der Waals surface area contributed by atoms with Gasteiger partial charge in [0.1, 0.15) is 5.82 Å². The Labute approximate surface area is 206 Å². The van der Waals surface area contributed by atoms with Crippen LogP contribution in [0.25, 0.3) is 11.1 Å². The standard InChI is InChI=1S/C26H25ClF4N2S/c1-18-14-23(28)24(15-25(18)34-17-26(29,30)31)33-12-10-32(11-13-33)16-19-6-8-20(9-7-19)21-4-2-3-5-22(21)27/h2-9,14-15H,10-13,16-17H2,1H3. The normalized spacial score (nSPS) is 15.1. The van der Waals surface area contributed by atoms with E-state index in [4.69, 9.17) is 11.6 Å². The number of nitrogens with zero attached hydrogens (tertiary/aromatic N) is 2. The number of rotatable bonds is 6. The summed E-state index contributed by atoms with van der Waals surface area (Å²) < 4.78 is 52.6. The van der Waals surface area contributed by atoms with Gasteiger partial charge in [-0.05, 0) is 41.8 Å². The Kier molecular flexibility index (Phi) is 7.75. The molecule has 0 atom stereocenters. The molecule has 0 radical (unpaired) electrons. The fourth-order valence-corrected chi connectivity index (χ4v) is 5.14. The number of hydrogen-bond donors (Lipinski definition) is 0. The van der Waals surface area contributed by atoms with Crippen LogP contribution in [0.15, 0.2) is 65.6 Å². The van der Waals surface area contributed by atoms with E-state index in [9.17, 15) is 17.6 Å². The molecule has 3 aromatic carbocycles. The Balaban J connectivity index is 1.37. The number of halogens is 5. The molecule has 0 bridgehead atoms. The maximum atomic E-state index is 14.6. The number of aryl methyl sites for hydroxylation is 1. The third-order valence-corrected chi connectivity index (χ3v) is 7.45. The van der Waals surface area contributed by atoms with Crippen molar-refractivity contribution < 1.29 is 17.6 Å². The van der Waals surface area contributed by atoms with Gasteiger partial charge in [-0.3, -0.25) is 4.90 Å². The van der Waals surface area contributed by atoms with E-state index in [0.717, 1.165) is 35.8 Å². The molecule has 8 heteroatoms. The van der Waals surface area contributed by atoms with Gasteiger partial charge in [0.05, 0.1) is 11.4 Å². The molecule has 4 rings (SSSR count). The van der Waals surface area contributed by atoms with E-state index >= 15 is 0 Å². The quantitative estimate of drug-likeness (QED) is 0.252. The zero-order valence-corrected chi connectivity index (χ0v) is 20.3. The second kappa shape index (κ2) is 10.6. The SMILES string of the molecule is Cc1cc(F)c(N2CCN(Cc3ccc(-c4ccccc4Cl)cc3)CC2)cc1SCC(F)(F)F. The lowest BCUT2D eigenvalue weighted by Crippen LogP contribution is -2.46. The van der Waals surface area contributed by atoms with E-state index in [-0.39, 0.29) is 0 Å². The first kappa shape index (κ1) is 24.9. The van der Waals surface area contributed by atoms with Crippen molar-refractivity contribution in [1.82, 2.24) is 4.90 Å². The minimum atomic E-state index is -4.26. The molecule has 1 aliphatic heterocycles. The molecular formula is C26H25ClF4N2S. The summed E-state index contributed by atoms with van der Waals surface area (Å²) in [6.07, 6.45) is -4.26. The molecule has 2 nitrogen and oxygen atoms in total. The zero-order chi connectivity index (χ0) is 24.3. The van der Waals surface area contributed by atoms with Crippen molar-refractivity contribution in [2.24, 2.45) is 0 Å². The number of alkyl halides is 3. The molecule has 180 valence electrons. The van der Waals surface area contributed by atoms with Crippen LogP contribution >= 0.6 is 23.4 Å². The summed E-state index contributed by atoms with van der Waals surface area (Å²) >= 11 is 7.00. The number of hydrogen-bond acceptors (Lipinski definition) is 3. The lowest BCUT2D eigenvalue weighted by atomic mass is 10.0. The van der Waals surface area contributed by atoms with Gasteiger partial charge in [0, 0.05) is 48.2 Å². The second-order valence-corrected chi connectivity index (χ2v) is 9.84. The highest BCUT2D eigenvalue weighted by atomic mass is 35.5. The molecule has 0 spiro atoms. The van der Waals surface area contributed by atoms with Crippen LogP contribution in [0.2, 0.25) is 5.02 Å². The van der Waals surface area contributed by atoms with Crippen LogP contribution < -0.4 is 4.90 Å². The monoisotopic (exact) mass is 508 g/mol. The van der Waals surface area contributed by atoms with Crippen molar-refractivity contribution in [3.05, 3.63) is 82.6 Å². The summed E-state index contributed by atoms with van der Waals surface area (Å²) in [5.41, 5.74) is 4.13. The highest BCUT2D eigenvalue weighted by Crippen LogP contribution is 2.34. The third kappa shape index (κ3) is 6.26. The van der Waals surface area contributed by atoms with E-state index in [1.165, 1.54) is 11.6 Å². The largest absolute Gasteiger partial charge is 0.398 e. The van der Waals surface area contributed by atoms with Crippen molar-refractivity contribution >= 4 is 29.1 Å². The van der Waals surface area contributed by atoms with Gasteiger partial charge in [-0.2, -0.15) is 13.2 Å². The highest BCUT2D eigenvalue weighted by Gasteiger charge is 2.28. The molecule has 1 heterocycles. The van der Waals surface area contributed by atoms with Crippen molar-refractivity contribution in [2.75, 3.05) is 36.8 Å². The molecule has 0 aliphatic carbocycles. The average Bonchev–Trinajstić information content (AvgIpc) is 2.80. The topological polar surface area (TPSA) is 6.48 Å². The van der Waals surface area contributed by atoms with Gasteiger partial charge in [-0.25, -0.2) is 4.39 Å². The zero-order valence-electron chi connectivity index (χ0n) is 18.7. The predicted molar refractivity (Wildman–Crippen MR) is 132 cm³/mol. The summed E-state index contributed by atoms with van der Waals surface area (Å²) in [7, 11) is 0. The Morgan fingerprint density at radius 2 is 1.62 bits per heavy atom. The van der Waals surface area contributed by atoms with E-state index in [2.05, 4.69) is 29.2 Å². The van der Waals surface area contributed by atoms with Gasteiger partial charge in [-0.15, -0.1) is 11.8 Å². The van der Waals surface area contributed by atoms with Crippen LogP contribution in [0.1, 0.15) is 11.1 Å². The fourth-order valence-electron chi connectivity index (χ4n) is 4.09. The first-order valence-electron chi connectivity index (χ1n) is 11.0. The van der Waals surface area contributed by atoms with Crippen LogP contribution in [-0.4, -0.2) is 43.0 Å². The van der Waals surface area contributed by atoms with E-state index < -0.39 is 17.7 Å². The second-order valence-electron chi connectivity index (χ2n) is 8.41. The number of anilines is 1. The van der Waals surface area contributed by atoms with Crippen molar-refractivity contribution in [1.29, 1.82) is 0 Å². The lowest BCUT2D eigenvalue weighted by molar-refractivity contribution is -0.105. The van der Waals surface area contributed by atoms with Crippen molar-refractivity contribution in [2.45, 2.75) is 24.5 Å². The summed E-state index contributed by atoms with van der Waals surface area (Å²) in [6, 6.07) is 18.9. The van der Waals surface area contributed by atoms with Gasteiger partial charge in [0.25, 0.3) is 0 Å².